The van der Waals surface area contributed by atoms with Crippen LogP contribution < -0.4 is 0 Å². The van der Waals surface area contributed by atoms with Gasteiger partial charge in [-0.2, -0.15) is 0 Å². The Kier molecular flexibility index (Phi) is 5.07. The van der Waals surface area contributed by atoms with E-state index in [1.807, 2.05) is 37.3 Å². The summed E-state index contributed by atoms with van der Waals surface area (Å²) in [4.78, 5) is 10.6. The zero-order valence-electron chi connectivity index (χ0n) is 11.5. The van der Waals surface area contributed by atoms with E-state index in [0.717, 1.165) is 11.6 Å². The van der Waals surface area contributed by atoms with Crippen molar-refractivity contribution >= 4 is 21.6 Å². The minimum absolute atomic E-state index is 0.0315. The highest BCUT2D eigenvalue weighted by atomic mass is 79.9. The smallest absolute Gasteiger partial charge is 0.258 e. The second kappa shape index (κ2) is 6.80. The molecule has 5 heteroatoms. The quantitative estimate of drug-likeness (QED) is 0.429. The lowest BCUT2D eigenvalue weighted by Gasteiger charge is -2.18. The first kappa shape index (κ1) is 15.6. The molecule has 0 fully saturated rings. The average Bonchev–Trinajstić information content (AvgIpc) is 2.47. The highest BCUT2D eigenvalue weighted by Crippen LogP contribution is 2.34. The molecule has 2 aromatic rings. The molecule has 2 atom stereocenters. The van der Waals surface area contributed by atoms with Crippen molar-refractivity contribution in [2.45, 2.75) is 18.2 Å². The fraction of sp³-hybridized carbons (Fsp3) is 0.250. The number of nitro groups is 1. The maximum atomic E-state index is 13.4. The minimum atomic E-state index is -0.465. The maximum absolute atomic E-state index is 13.4. The molecule has 2 aromatic carbocycles. The normalized spacial score (nSPS) is 13.7. The molecule has 0 aliphatic heterocycles. The molecule has 0 N–H and O–H groups in total. The first-order chi connectivity index (χ1) is 9.99. The van der Waals surface area contributed by atoms with Gasteiger partial charge in [-0.05, 0) is 30.0 Å². The molecular formula is C16H15BrFNO2. The third-order valence-electron chi connectivity index (χ3n) is 3.40. The summed E-state index contributed by atoms with van der Waals surface area (Å²) in [7, 11) is 0. The van der Waals surface area contributed by atoms with Crippen LogP contribution in [0.25, 0.3) is 0 Å². The number of hydrogen-bond donors (Lipinski definition) is 0. The molecule has 2 rings (SSSR count). The maximum Gasteiger partial charge on any atom is 0.272 e. The molecule has 0 aliphatic rings. The van der Waals surface area contributed by atoms with Crippen molar-refractivity contribution < 1.29 is 9.31 Å². The first-order valence-corrected chi connectivity index (χ1v) is 7.52. The van der Waals surface area contributed by atoms with Crippen LogP contribution in [0.5, 0.6) is 0 Å². The molecule has 3 nitrogen and oxygen atoms in total. The van der Waals surface area contributed by atoms with Gasteiger partial charge >= 0.3 is 0 Å². The Bertz CT molecular complexity index is 633. The first-order valence-electron chi connectivity index (χ1n) is 6.61. The van der Waals surface area contributed by atoms with Gasteiger partial charge in [-0.25, -0.2) is 4.39 Å². The zero-order valence-corrected chi connectivity index (χ0v) is 13.1. The summed E-state index contributed by atoms with van der Waals surface area (Å²) < 4.78 is 13.4. The van der Waals surface area contributed by atoms with E-state index in [0.29, 0.717) is 12.0 Å². The summed E-state index contributed by atoms with van der Waals surface area (Å²) in [5.74, 6) is -0.360. The second-order valence-electron chi connectivity index (χ2n) is 5.02. The molecule has 0 saturated carbocycles. The predicted molar refractivity (Wildman–Crippen MR) is 84.0 cm³/mol. The highest BCUT2D eigenvalue weighted by Gasteiger charge is 2.21. The lowest BCUT2D eigenvalue weighted by molar-refractivity contribution is -0.385. The van der Waals surface area contributed by atoms with Crippen molar-refractivity contribution in [2.24, 2.45) is 5.92 Å². The summed E-state index contributed by atoms with van der Waals surface area (Å²) in [6.07, 6.45) is 0.429. The molecule has 0 aliphatic carbocycles. The third kappa shape index (κ3) is 3.88. The van der Waals surface area contributed by atoms with Crippen LogP contribution in [0, 0.1) is 21.8 Å². The van der Waals surface area contributed by atoms with Gasteiger partial charge in [0.1, 0.15) is 5.82 Å². The molecule has 0 amide bonds. The number of nitro benzene ring substituents is 1. The van der Waals surface area contributed by atoms with E-state index in [1.54, 1.807) is 0 Å². The molecule has 0 saturated heterocycles. The molecule has 21 heavy (non-hydrogen) atoms. The van der Waals surface area contributed by atoms with E-state index in [4.69, 9.17) is 0 Å². The van der Waals surface area contributed by atoms with Gasteiger partial charge in [-0.1, -0.05) is 53.2 Å². The fourth-order valence-electron chi connectivity index (χ4n) is 2.31. The van der Waals surface area contributed by atoms with Crippen LogP contribution in [0.3, 0.4) is 0 Å². The molecule has 0 heterocycles. The standard InChI is InChI=1S/C16H15BrFNO2/c1-11(16(17)12-5-3-2-4-6-12)9-13-10-14(18)7-8-15(13)19(20)21/h2-8,10-11,16H,9H2,1H3. The van der Waals surface area contributed by atoms with Gasteiger partial charge in [0, 0.05) is 16.5 Å². The predicted octanol–water partition coefficient (Wildman–Crippen LogP) is 5.05. The lowest BCUT2D eigenvalue weighted by Crippen LogP contribution is -2.09. The van der Waals surface area contributed by atoms with Crippen LogP contribution in [-0.4, -0.2) is 4.92 Å². The number of alkyl halides is 1. The SMILES string of the molecule is CC(Cc1cc(F)ccc1[N+](=O)[O-])C(Br)c1ccccc1. The average molecular weight is 352 g/mol. The van der Waals surface area contributed by atoms with Gasteiger partial charge in [0.05, 0.1) is 4.92 Å². The molecular weight excluding hydrogens is 337 g/mol. The van der Waals surface area contributed by atoms with Gasteiger partial charge in [-0.3, -0.25) is 10.1 Å². The number of halogens is 2. The largest absolute Gasteiger partial charge is 0.272 e. The molecule has 0 bridgehead atoms. The summed E-state index contributed by atoms with van der Waals surface area (Å²) in [5, 5.41) is 11.0. The van der Waals surface area contributed by atoms with Crippen LogP contribution in [0.1, 0.15) is 22.9 Å². The van der Waals surface area contributed by atoms with Crippen molar-refractivity contribution in [2.75, 3.05) is 0 Å². The summed E-state index contributed by atoms with van der Waals surface area (Å²) in [6, 6.07) is 13.4. The Balaban J connectivity index is 2.21. The second-order valence-corrected chi connectivity index (χ2v) is 6.01. The Hall–Kier alpha value is -1.75. The number of rotatable bonds is 5. The van der Waals surface area contributed by atoms with Crippen LogP contribution in [0.15, 0.2) is 48.5 Å². The van der Waals surface area contributed by atoms with E-state index in [2.05, 4.69) is 15.9 Å². The van der Waals surface area contributed by atoms with Gasteiger partial charge in [-0.15, -0.1) is 0 Å². The number of benzene rings is 2. The van der Waals surface area contributed by atoms with Crippen molar-refractivity contribution in [1.29, 1.82) is 0 Å². The van der Waals surface area contributed by atoms with Crippen molar-refractivity contribution in [1.82, 2.24) is 0 Å². The monoisotopic (exact) mass is 351 g/mol. The van der Waals surface area contributed by atoms with E-state index >= 15 is 0 Å². The molecule has 2 unspecified atom stereocenters. The van der Waals surface area contributed by atoms with Gasteiger partial charge in [0.2, 0.25) is 0 Å². The number of hydrogen-bond acceptors (Lipinski definition) is 2. The van der Waals surface area contributed by atoms with Crippen LogP contribution in [-0.2, 0) is 6.42 Å². The highest BCUT2D eigenvalue weighted by molar-refractivity contribution is 9.09. The summed E-state index contributed by atoms with van der Waals surface area (Å²) in [5.41, 5.74) is 1.49. The van der Waals surface area contributed by atoms with Crippen LogP contribution >= 0.6 is 15.9 Å². The summed E-state index contributed by atoms with van der Waals surface area (Å²) in [6.45, 7) is 1.99. The van der Waals surface area contributed by atoms with Crippen molar-refractivity contribution in [3.8, 4) is 0 Å². The Morgan fingerprint density at radius 1 is 1.24 bits per heavy atom. The van der Waals surface area contributed by atoms with E-state index < -0.39 is 10.7 Å². The van der Waals surface area contributed by atoms with E-state index in [1.165, 1.54) is 12.1 Å². The Morgan fingerprint density at radius 3 is 2.52 bits per heavy atom. The van der Waals surface area contributed by atoms with Gasteiger partial charge < -0.3 is 0 Å². The Morgan fingerprint density at radius 2 is 1.90 bits per heavy atom. The zero-order chi connectivity index (χ0) is 15.4. The van der Waals surface area contributed by atoms with Gasteiger partial charge in [0.15, 0.2) is 0 Å². The lowest BCUT2D eigenvalue weighted by atomic mass is 9.93. The molecule has 110 valence electrons. The van der Waals surface area contributed by atoms with Crippen LogP contribution in [0.2, 0.25) is 0 Å². The molecule has 0 spiro atoms. The Labute approximate surface area is 131 Å². The van der Waals surface area contributed by atoms with E-state index in [-0.39, 0.29) is 16.4 Å². The topological polar surface area (TPSA) is 43.1 Å². The number of nitrogens with zero attached hydrogens (tertiary/aromatic N) is 1. The van der Waals surface area contributed by atoms with Crippen molar-refractivity contribution in [3.63, 3.8) is 0 Å². The van der Waals surface area contributed by atoms with Crippen LogP contribution in [0.4, 0.5) is 10.1 Å². The fourth-order valence-corrected chi connectivity index (χ4v) is 2.80. The molecule has 0 radical (unpaired) electrons. The van der Waals surface area contributed by atoms with E-state index in [9.17, 15) is 14.5 Å². The third-order valence-corrected chi connectivity index (χ3v) is 4.83. The van der Waals surface area contributed by atoms with Crippen molar-refractivity contribution in [3.05, 3.63) is 75.6 Å². The van der Waals surface area contributed by atoms with Gasteiger partial charge in [0.25, 0.3) is 5.69 Å². The molecule has 0 aromatic heterocycles. The minimum Gasteiger partial charge on any atom is -0.258 e. The summed E-state index contributed by atoms with van der Waals surface area (Å²) >= 11 is 3.63.